The van der Waals surface area contributed by atoms with Crippen LogP contribution in [0.3, 0.4) is 0 Å². The second-order valence-corrected chi connectivity index (χ2v) is 3.55. The summed E-state index contributed by atoms with van der Waals surface area (Å²) >= 11 is 0. The number of nitrogens with two attached hydrogens (primary N) is 1. The number of amides is 1. The van der Waals surface area contributed by atoms with Crippen LogP contribution in [0.15, 0.2) is 0 Å². The van der Waals surface area contributed by atoms with Gasteiger partial charge in [0.2, 0.25) is 5.91 Å². The molecule has 0 aromatic carbocycles. The minimum Gasteiger partial charge on any atom is -0.333 e. The maximum atomic E-state index is 11.6. The standard InChI is InChI=1S/C9H18N2O.ClH/c1-11(7-10)9(12)8-5-3-2-4-6-8;/h8H,2-7,10H2,1H3;1H. The highest BCUT2D eigenvalue weighted by Crippen LogP contribution is 2.24. The van der Waals surface area contributed by atoms with Gasteiger partial charge in [0.15, 0.2) is 0 Å². The van der Waals surface area contributed by atoms with Crippen LogP contribution in [0.5, 0.6) is 0 Å². The van der Waals surface area contributed by atoms with Crippen molar-refractivity contribution in [2.75, 3.05) is 13.7 Å². The van der Waals surface area contributed by atoms with Crippen LogP contribution >= 0.6 is 12.4 Å². The Balaban J connectivity index is 0.00000144. The van der Waals surface area contributed by atoms with Gasteiger partial charge in [-0.05, 0) is 12.8 Å². The van der Waals surface area contributed by atoms with Crippen molar-refractivity contribution in [3.8, 4) is 0 Å². The predicted octanol–water partition coefficient (Wildman–Crippen LogP) is 1.36. The molecule has 1 aliphatic carbocycles. The van der Waals surface area contributed by atoms with Crippen LogP contribution in [0, 0.1) is 5.92 Å². The minimum atomic E-state index is 0. The van der Waals surface area contributed by atoms with Crippen molar-refractivity contribution in [3.05, 3.63) is 0 Å². The molecule has 0 unspecified atom stereocenters. The fourth-order valence-corrected chi connectivity index (χ4v) is 1.75. The molecule has 0 atom stereocenters. The van der Waals surface area contributed by atoms with Crippen molar-refractivity contribution in [1.82, 2.24) is 4.90 Å². The Morgan fingerprint density at radius 1 is 1.38 bits per heavy atom. The zero-order chi connectivity index (χ0) is 8.97. The quantitative estimate of drug-likeness (QED) is 0.694. The second-order valence-electron chi connectivity index (χ2n) is 3.55. The Kier molecular flexibility index (Phi) is 6.08. The van der Waals surface area contributed by atoms with E-state index < -0.39 is 0 Å². The van der Waals surface area contributed by atoms with Gasteiger partial charge in [-0.15, -0.1) is 12.4 Å². The summed E-state index contributed by atoms with van der Waals surface area (Å²) in [5, 5.41) is 0. The van der Waals surface area contributed by atoms with Crippen molar-refractivity contribution in [3.63, 3.8) is 0 Å². The van der Waals surface area contributed by atoms with E-state index in [-0.39, 0.29) is 24.2 Å². The molecule has 0 bridgehead atoms. The average molecular weight is 207 g/mol. The van der Waals surface area contributed by atoms with Crippen LogP contribution in [-0.4, -0.2) is 24.5 Å². The summed E-state index contributed by atoms with van der Waals surface area (Å²) in [4.78, 5) is 13.2. The zero-order valence-corrected chi connectivity index (χ0v) is 8.98. The lowest BCUT2D eigenvalue weighted by Gasteiger charge is -2.25. The molecule has 3 nitrogen and oxygen atoms in total. The maximum Gasteiger partial charge on any atom is 0.226 e. The third-order valence-corrected chi connectivity index (χ3v) is 2.60. The molecule has 1 amide bonds. The van der Waals surface area contributed by atoms with Gasteiger partial charge in [0, 0.05) is 13.0 Å². The minimum absolute atomic E-state index is 0. The molecule has 2 N–H and O–H groups in total. The molecule has 13 heavy (non-hydrogen) atoms. The largest absolute Gasteiger partial charge is 0.333 e. The Morgan fingerprint density at radius 2 is 1.92 bits per heavy atom. The maximum absolute atomic E-state index is 11.6. The lowest BCUT2D eigenvalue weighted by molar-refractivity contribution is -0.135. The van der Waals surface area contributed by atoms with Crippen LogP contribution in [0.2, 0.25) is 0 Å². The molecule has 78 valence electrons. The fraction of sp³-hybridized carbons (Fsp3) is 0.889. The number of nitrogens with zero attached hydrogens (tertiary/aromatic N) is 1. The number of hydrogen-bond acceptors (Lipinski definition) is 2. The zero-order valence-electron chi connectivity index (χ0n) is 8.16. The molecule has 0 aliphatic heterocycles. The Hall–Kier alpha value is -0.280. The highest BCUT2D eigenvalue weighted by atomic mass is 35.5. The van der Waals surface area contributed by atoms with Gasteiger partial charge in [-0.1, -0.05) is 19.3 Å². The van der Waals surface area contributed by atoms with Crippen LogP contribution in [0.1, 0.15) is 32.1 Å². The van der Waals surface area contributed by atoms with E-state index in [2.05, 4.69) is 0 Å². The SMILES string of the molecule is CN(CN)C(=O)C1CCCCC1.Cl. The Labute approximate surface area is 86.1 Å². The van der Waals surface area contributed by atoms with Crippen molar-refractivity contribution < 1.29 is 4.79 Å². The lowest BCUT2D eigenvalue weighted by Crippen LogP contribution is -2.37. The molecular weight excluding hydrogens is 188 g/mol. The third-order valence-electron chi connectivity index (χ3n) is 2.60. The monoisotopic (exact) mass is 206 g/mol. The fourth-order valence-electron chi connectivity index (χ4n) is 1.75. The third kappa shape index (κ3) is 3.53. The highest BCUT2D eigenvalue weighted by molar-refractivity contribution is 5.85. The van der Waals surface area contributed by atoms with Crippen molar-refractivity contribution in [2.24, 2.45) is 11.7 Å². The van der Waals surface area contributed by atoms with E-state index in [4.69, 9.17) is 5.73 Å². The number of hydrogen-bond donors (Lipinski definition) is 1. The lowest BCUT2D eigenvalue weighted by atomic mass is 9.88. The first-order valence-corrected chi connectivity index (χ1v) is 4.70. The Bertz CT molecular complexity index is 158. The number of carbonyl (C=O) groups excluding carboxylic acids is 1. The molecular formula is C9H19ClN2O. The first-order chi connectivity index (χ1) is 5.75. The topological polar surface area (TPSA) is 46.3 Å². The number of carbonyl (C=O) groups is 1. The summed E-state index contributed by atoms with van der Waals surface area (Å²) in [6.45, 7) is 0.343. The van der Waals surface area contributed by atoms with Crippen LogP contribution in [0.25, 0.3) is 0 Å². The van der Waals surface area contributed by atoms with E-state index in [1.807, 2.05) is 0 Å². The molecule has 1 fully saturated rings. The van der Waals surface area contributed by atoms with E-state index >= 15 is 0 Å². The first kappa shape index (κ1) is 12.7. The van der Waals surface area contributed by atoms with E-state index in [9.17, 15) is 4.79 Å². The molecule has 0 heterocycles. The van der Waals surface area contributed by atoms with E-state index in [1.54, 1.807) is 11.9 Å². The van der Waals surface area contributed by atoms with Crippen molar-refractivity contribution in [2.45, 2.75) is 32.1 Å². The normalized spacial score (nSPS) is 17.7. The second kappa shape index (κ2) is 6.22. The van der Waals surface area contributed by atoms with Crippen molar-refractivity contribution >= 4 is 18.3 Å². The summed E-state index contributed by atoms with van der Waals surface area (Å²) in [5.41, 5.74) is 5.38. The predicted molar refractivity (Wildman–Crippen MR) is 55.6 cm³/mol. The summed E-state index contributed by atoms with van der Waals surface area (Å²) in [7, 11) is 1.77. The van der Waals surface area contributed by atoms with Gasteiger partial charge in [-0.3, -0.25) is 4.79 Å². The van der Waals surface area contributed by atoms with Crippen LogP contribution in [0.4, 0.5) is 0 Å². The summed E-state index contributed by atoms with van der Waals surface area (Å²) < 4.78 is 0. The van der Waals surface area contributed by atoms with Crippen LogP contribution in [-0.2, 0) is 4.79 Å². The molecule has 1 rings (SSSR count). The molecule has 0 aromatic heterocycles. The molecule has 1 saturated carbocycles. The summed E-state index contributed by atoms with van der Waals surface area (Å²) in [5.74, 6) is 0.490. The van der Waals surface area contributed by atoms with Gasteiger partial charge in [0.05, 0.1) is 6.67 Å². The molecule has 0 radical (unpaired) electrons. The molecule has 1 aliphatic rings. The first-order valence-electron chi connectivity index (χ1n) is 4.70. The highest BCUT2D eigenvalue weighted by Gasteiger charge is 2.22. The summed E-state index contributed by atoms with van der Waals surface area (Å²) in [6, 6.07) is 0. The van der Waals surface area contributed by atoms with Gasteiger partial charge >= 0.3 is 0 Å². The summed E-state index contributed by atoms with van der Waals surface area (Å²) in [6.07, 6.45) is 5.81. The van der Waals surface area contributed by atoms with Gasteiger partial charge in [0.1, 0.15) is 0 Å². The molecule has 0 saturated heterocycles. The van der Waals surface area contributed by atoms with Gasteiger partial charge in [0.25, 0.3) is 0 Å². The van der Waals surface area contributed by atoms with Gasteiger partial charge in [-0.25, -0.2) is 0 Å². The Morgan fingerprint density at radius 3 is 2.38 bits per heavy atom. The van der Waals surface area contributed by atoms with E-state index in [0.717, 1.165) is 12.8 Å². The molecule has 0 spiro atoms. The smallest absolute Gasteiger partial charge is 0.226 e. The van der Waals surface area contributed by atoms with Gasteiger partial charge < -0.3 is 10.6 Å². The molecule has 4 heteroatoms. The number of rotatable bonds is 2. The van der Waals surface area contributed by atoms with E-state index in [1.165, 1.54) is 19.3 Å². The van der Waals surface area contributed by atoms with Crippen LogP contribution < -0.4 is 5.73 Å². The molecule has 0 aromatic rings. The number of halogens is 1. The van der Waals surface area contributed by atoms with Gasteiger partial charge in [-0.2, -0.15) is 0 Å². The van der Waals surface area contributed by atoms with Crippen molar-refractivity contribution in [1.29, 1.82) is 0 Å². The van der Waals surface area contributed by atoms with E-state index in [0.29, 0.717) is 6.67 Å². The average Bonchev–Trinajstić information content (AvgIpc) is 2.17.